The van der Waals surface area contributed by atoms with Gasteiger partial charge in [-0.25, -0.2) is 0 Å². The van der Waals surface area contributed by atoms with Gasteiger partial charge in [0.2, 0.25) is 0 Å². The van der Waals surface area contributed by atoms with E-state index in [9.17, 15) is 5.11 Å². The molecule has 0 fully saturated rings. The maximum atomic E-state index is 10.1. The van der Waals surface area contributed by atoms with Gasteiger partial charge in [0, 0.05) is 5.56 Å². The zero-order valence-corrected chi connectivity index (χ0v) is 11.8. The molecule has 0 unspecified atom stereocenters. The Morgan fingerprint density at radius 1 is 0.905 bits per heavy atom. The molecule has 0 aliphatic heterocycles. The number of benzene rings is 3. The van der Waals surface area contributed by atoms with Crippen molar-refractivity contribution >= 4 is 22.9 Å². The quantitative estimate of drug-likeness (QED) is 0.701. The molecule has 3 rings (SSSR count). The predicted molar refractivity (Wildman–Crippen MR) is 87.5 cm³/mol. The maximum Gasteiger partial charge on any atom is 0.123 e. The Hall–Kier alpha value is -2.74. The summed E-state index contributed by atoms with van der Waals surface area (Å²) < 4.78 is 5.22. The number of phenols is 1. The molecule has 0 amide bonds. The van der Waals surface area contributed by atoms with Crippen molar-refractivity contribution in [3.05, 3.63) is 71.8 Å². The van der Waals surface area contributed by atoms with Gasteiger partial charge in [-0.3, -0.25) is 0 Å². The summed E-state index contributed by atoms with van der Waals surface area (Å²) in [5, 5.41) is 12.3. The lowest BCUT2D eigenvalue weighted by atomic mass is 10.0. The summed E-state index contributed by atoms with van der Waals surface area (Å²) in [6.45, 7) is 0. The van der Waals surface area contributed by atoms with E-state index in [0.717, 1.165) is 27.6 Å². The van der Waals surface area contributed by atoms with Crippen molar-refractivity contribution in [3.63, 3.8) is 0 Å². The second-order valence-electron chi connectivity index (χ2n) is 4.83. The highest BCUT2D eigenvalue weighted by atomic mass is 16.5. The van der Waals surface area contributed by atoms with Crippen LogP contribution in [-0.2, 0) is 0 Å². The highest BCUT2D eigenvalue weighted by molar-refractivity contribution is 5.95. The van der Waals surface area contributed by atoms with Crippen molar-refractivity contribution in [2.45, 2.75) is 0 Å². The van der Waals surface area contributed by atoms with Gasteiger partial charge < -0.3 is 9.84 Å². The first-order valence-electron chi connectivity index (χ1n) is 6.81. The minimum Gasteiger partial charge on any atom is -0.507 e. The van der Waals surface area contributed by atoms with Gasteiger partial charge in [0.25, 0.3) is 0 Å². The standard InChI is InChI=1S/C19H16O2/c1-21-16-7-4-5-14(13-16)9-11-18-17-8-3-2-6-15(17)10-12-19(18)20/h2-13,20H,1H3/b11-9+. The normalized spacial score (nSPS) is 11.1. The first kappa shape index (κ1) is 13.3. The summed E-state index contributed by atoms with van der Waals surface area (Å²) in [5.74, 6) is 1.10. The van der Waals surface area contributed by atoms with Crippen LogP contribution in [0.4, 0.5) is 0 Å². The molecular weight excluding hydrogens is 260 g/mol. The van der Waals surface area contributed by atoms with Crippen LogP contribution in [0.1, 0.15) is 11.1 Å². The molecule has 0 aliphatic carbocycles. The van der Waals surface area contributed by atoms with Gasteiger partial charge in [0.15, 0.2) is 0 Å². The highest BCUT2D eigenvalue weighted by Gasteiger charge is 2.03. The second kappa shape index (κ2) is 5.71. The smallest absolute Gasteiger partial charge is 0.123 e. The van der Waals surface area contributed by atoms with Crippen LogP contribution in [0.2, 0.25) is 0 Å². The maximum absolute atomic E-state index is 10.1. The Kier molecular flexibility index (Phi) is 3.61. The third-order valence-electron chi connectivity index (χ3n) is 3.48. The van der Waals surface area contributed by atoms with Crippen LogP contribution < -0.4 is 4.74 Å². The van der Waals surface area contributed by atoms with E-state index in [1.165, 1.54) is 0 Å². The predicted octanol–water partition coefficient (Wildman–Crippen LogP) is 4.72. The van der Waals surface area contributed by atoms with Gasteiger partial charge >= 0.3 is 0 Å². The summed E-state index contributed by atoms with van der Waals surface area (Å²) in [6.07, 6.45) is 3.91. The monoisotopic (exact) mass is 276 g/mol. The van der Waals surface area contributed by atoms with E-state index in [0.29, 0.717) is 0 Å². The first-order chi connectivity index (χ1) is 10.3. The Labute approximate surface area is 123 Å². The van der Waals surface area contributed by atoms with E-state index >= 15 is 0 Å². The first-order valence-corrected chi connectivity index (χ1v) is 6.81. The highest BCUT2D eigenvalue weighted by Crippen LogP contribution is 2.29. The molecule has 0 heterocycles. The minimum absolute atomic E-state index is 0.285. The molecule has 0 saturated carbocycles. The van der Waals surface area contributed by atoms with Gasteiger partial charge in [-0.05, 0) is 34.5 Å². The van der Waals surface area contributed by atoms with E-state index in [1.807, 2.05) is 66.7 Å². The number of hydrogen-bond donors (Lipinski definition) is 1. The molecule has 0 radical (unpaired) electrons. The SMILES string of the molecule is COc1cccc(/C=C/c2c(O)ccc3ccccc23)c1. The van der Waals surface area contributed by atoms with Crippen molar-refractivity contribution in [2.24, 2.45) is 0 Å². The Balaban J connectivity index is 2.04. The molecule has 0 saturated heterocycles. The van der Waals surface area contributed by atoms with Crippen LogP contribution in [0.25, 0.3) is 22.9 Å². The molecule has 0 aliphatic rings. The third kappa shape index (κ3) is 2.75. The number of ether oxygens (including phenoxy) is 1. The van der Waals surface area contributed by atoms with Crippen molar-refractivity contribution in [1.82, 2.24) is 0 Å². The average molecular weight is 276 g/mol. The summed E-state index contributed by atoms with van der Waals surface area (Å²) in [7, 11) is 1.65. The molecule has 2 heteroatoms. The van der Waals surface area contributed by atoms with E-state index in [-0.39, 0.29) is 5.75 Å². The number of methoxy groups -OCH3 is 1. The van der Waals surface area contributed by atoms with E-state index < -0.39 is 0 Å². The van der Waals surface area contributed by atoms with Crippen LogP contribution in [0, 0.1) is 0 Å². The fourth-order valence-corrected chi connectivity index (χ4v) is 2.38. The summed E-state index contributed by atoms with van der Waals surface area (Å²) in [4.78, 5) is 0. The largest absolute Gasteiger partial charge is 0.507 e. The second-order valence-corrected chi connectivity index (χ2v) is 4.83. The van der Waals surface area contributed by atoms with Crippen LogP contribution in [0.5, 0.6) is 11.5 Å². The van der Waals surface area contributed by atoms with E-state index in [1.54, 1.807) is 13.2 Å². The Morgan fingerprint density at radius 2 is 1.76 bits per heavy atom. The molecule has 0 atom stereocenters. The van der Waals surface area contributed by atoms with Crippen molar-refractivity contribution in [3.8, 4) is 11.5 Å². The lowest BCUT2D eigenvalue weighted by Gasteiger charge is -2.05. The molecule has 2 nitrogen and oxygen atoms in total. The molecule has 0 spiro atoms. The van der Waals surface area contributed by atoms with Crippen LogP contribution in [0.3, 0.4) is 0 Å². The number of phenolic OH excluding ortho intramolecular Hbond substituents is 1. The lowest BCUT2D eigenvalue weighted by Crippen LogP contribution is -1.83. The lowest BCUT2D eigenvalue weighted by molar-refractivity contribution is 0.414. The topological polar surface area (TPSA) is 29.5 Å². The molecule has 21 heavy (non-hydrogen) atoms. The zero-order valence-electron chi connectivity index (χ0n) is 11.8. The number of rotatable bonds is 3. The number of hydrogen-bond acceptors (Lipinski definition) is 2. The Bertz CT molecular complexity index is 804. The molecule has 3 aromatic carbocycles. The van der Waals surface area contributed by atoms with Crippen LogP contribution in [-0.4, -0.2) is 12.2 Å². The van der Waals surface area contributed by atoms with Gasteiger partial charge in [0.1, 0.15) is 11.5 Å². The van der Waals surface area contributed by atoms with Gasteiger partial charge in [-0.2, -0.15) is 0 Å². The van der Waals surface area contributed by atoms with Crippen LogP contribution >= 0.6 is 0 Å². The molecular formula is C19H16O2. The van der Waals surface area contributed by atoms with Gasteiger partial charge in [-0.1, -0.05) is 54.6 Å². The van der Waals surface area contributed by atoms with Crippen molar-refractivity contribution < 1.29 is 9.84 Å². The van der Waals surface area contributed by atoms with Gasteiger partial charge in [0.05, 0.1) is 7.11 Å². The van der Waals surface area contributed by atoms with Crippen LogP contribution in [0.15, 0.2) is 60.7 Å². The number of aromatic hydroxyl groups is 1. The van der Waals surface area contributed by atoms with Crippen molar-refractivity contribution in [1.29, 1.82) is 0 Å². The van der Waals surface area contributed by atoms with E-state index in [4.69, 9.17) is 4.74 Å². The molecule has 0 bridgehead atoms. The van der Waals surface area contributed by atoms with Gasteiger partial charge in [-0.15, -0.1) is 0 Å². The van der Waals surface area contributed by atoms with Crippen molar-refractivity contribution in [2.75, 3.05) is 7.11 Å². The third-order valence-corrected chi connectivity index (χ3v) is 3.48. The molecule has 1 N–H and O–H groups in total. The average Bonchev–Trinajstić information content (AvgIpc) is 2.54. The molecule has 0 aromatic heterocycles. The number of fused-ring (bicyclic) bond motifs is 1. The summed E-state index contributed by atoms with van der Waals surface area (Å²) in [6, 6.07) is 19.5. The molecule has 3 aromatic rings. The summed E-state index contributed by atoms with van der Waals surface area (Å²) in [5.41, 5.74) is 1.86. The van der Waals surface area contributed by atoms with E-state index in [2.05, 4.69) is 0 Å². The fourth-order valence-electron chi connectivity index (χ4n) is 2.38. The fraction of sp³-hybridized carbons (Fsp3) is 0.0526. The summed E-state index contributed by atoms with van der Waals surface area (Å²) >= 11 is 0. The minimum atomic E-state index is 0.285. The molecule has 104 valence electrons. The zero-order chi connectivity index (χ0) is 14.7. The Morgan fingerprint density at radius 3 is 2.62 bits per heavy atom.